The number of allylic oxidation sites excluding steroid dienone is 1. The van der Waals surface area contributed by atoms with Crippen LogP contribution in [0, 0.1) is 23.2 Å². The van der Waals surface area contributed by atoms with Gasteiger partial charge >= 0.3 is 0 Å². The summed E-state index contributed by atoms with van der Waals surface area (Å²) >= 11 is 1.39. The van der Waals surface area contributed by atoms with Crippen molar-refractivity contribution in [3.05, 3.63) is 34.7 Å². The van der Waals surface area contributed by atoms with Crippen LogP contribution in [-0.2, 0) is 4.79 Å². The highest BCUT2D eigenvalue weighted by atomic mass is 32.1. The maximum atomic E-state index is 12.0. The molecule has 1 amide bonds. The van der Waals surface area contributed by atoms with E-state index < -0.39 is 0 Å². The molecule has 0 radical (unpaired) electrons. The summed E-state index contributed by atoms with van der Waals surface area (Å²) < 4.78 is 0. The molecule has 3 rings (SSSR count). The maximum absolute atomic E-state index is 12.0. The van der Waals surface area contributed by atoms with Gasteiger partial charge < -0.3 is 5.32 Å². The number of carbonyl (C=O) groups is 2. The minimum atomic E-state index is -0.191. The minimum absolute atomic E-state index is 0.158. The summed E-state index contributed by atoms with van der Waals surface area (Å²) in [5.41, 5.74) is 0.788. The van der Waals surface area contributed by atoms with Crippen LogP contribution in [0.2, 0.25) is 0 Å². The second kappa shape index (κ2) is 4.04. The Hall–Kier alpha value is -1.42. The summed E-state index contributed by atoms with van der Waals surface area (Å²) in [7, 11) is 0. The molecule has 2 aliphatic rings. The van der Waals surface area contributed by atoms with E-state index in [0.29, 0.717) is 28.8 Å². The lowest BCUT2D eigenvalue weighted by Crippen LogP contribution is -2.30. The first-order valence-corrected chi connectivity index (χ1v) is 7.37. The Morgan fingerprint density at radius 2 is 2.26 bits per heavy atom. The molecule has 1 aromatic rings. The Labute approximate surface area is 116 Å². The van der Waals surface area contributed by atoms with E-state index >= 15 is 0 Å². The number of Topliss-reactive ketones (excluding diaryl/α,β-unsaturated/α-hetero) is 1. The van der Waals surface area contributed by atoms with Crippen molar-refractivity contribution in [1.82, 2.24) is 5.32 Å². The summed E-state index contributed by atoms with van der Waals surface area (Å²) in [4.78, 5) is 24.6. The van der Waals surface area contributed by atoms with Crippen molar-refractivity contribution in [2.24, 2.45) is 23.2 Å². The van der Waals surface area contributed by atoms with Crippen molar-refractivity contribution in [3.63, 3.8) is 0 Å². The number of carbonyl (C=O) groups excluding carboxylic acids is 2. The molecule has 2 aliphatic carbocycles. The number of hydrogen-bond acceptors (Lipinski definition) is 3. The number of fused-ring (bicyclic) bond motifs is 1. The van der Waals surface area contributed by atoms with Crippen molar-refractivity contribution in [2.75, 3.05) is 0 Å². The molecule has 3 nitrogen and oxygen atoms in total. The van der Waals surface area contributed by atoms with Gasteiger partial charge in [0.1, 0.15) is 5.78 Å². The molecule has 1 aromatic heterocycles. The van der Waals surface area contributed by atoms with E-state index in [4.69, 9.17) is 0 Å². The SMILES string of the molecule is C=C(NC(=O)c1cccs1)[C@H]1C(=O)C[C@@H]2[C@H]1C2(C)C. The Morgan fingerprint density at radius 3 is 2.84 bits per heavy atom. The van der Waals surface area contributed by atoms with Crippen LogP contribution in [-0.4, -0.2) is 11.7 Å². The molecule has 3 atom stereocenters. The van der Waals surface area contributed by atoms with E-state index in [-0.39, 0.29) is 23.0 Å². The average molecular weight is 275 g/mol. The van der Waals surface area contributed by atoms with E-state index in [0.717, 1.165) is 0 Å². The topological polar surface area (TPSA) is 46.2 Å². The van der Waals surface area contributed by atoms with Crippen molar-refractivity contribution < 1.29 is 9.59 Å². The Morgan fingerprint density at radius 1 is 1.53 bits per heavy atom. The summed E-state index contributed by atoms with van der Waals surface area (Å²) in [5.74, 6) is 0.709. The van der Waals surface area contributed by atoms with Crippen molar-refractivity contribution >= 4 is 23.0 Å². The molecule has 2 fully saturated rings. The first kappa shape index (κ1) is 12.6. The van der Waals surface area contributed by atoms with Crippen LogP contribution < -0.4 is 5.32 Å². The molecule has 19 heavy (non-hydrogen) atoms. The Bertz CT molecular complexity index is 559. The van der Waals surface area contributed by atoms with Crippen LogP contribution in [0.3, 0.4) is 0 Å². The standard InChI is InChI=1S/C15H17NO2S/c1-8(16-14(18)11-5-4-6-19-11)12-10(17)7-9-13(12)15(9,2)3/h4-6,9,12-13H,1,7H2,2-3H3,(H,16,18)/t9-,12+,13-/m1/s1. The summed E-state index contributed by atoms with van der Waals surface area (Å²) in [6.45, 7) is 8.31. The number of nitrogens with one attached hydrogen (secondary N) is 1. The lowest BCUT2D eigenvalue weighted by Gasteiger charge is -2.19. The van der Waals surface area contributed by atoms with Crippen LogP contribution in [0.1, 0.15) is 29.9 Å². The average Bonchev–Trinajstić information content (AvgIpc) is 2.82. The molecule has 0 unspecified atom stereocenters. The second-order valence-electron chi connectivity index (χ2n) is 6.06. The van der Waals surface area contributed by atoms with E-state index in [1.54, 1.807) is 6.07 Å². The lowest BCUT2D eigenvalue weighted by molar-refractivity contribution is -0.121. The number of thiophene rings is 1. The highest BCUT2D eigenvalue weighted by Crippen LogP contribution is 2.68. The first-order chi connectivity index (χ1) is 8.93. The molecule has 0 aromatic carbocycles. The van der Waals surface area contributed by atoms with Gasteiger partial charge in [0.25, 0.3) is 5.91 Å². The van der Waals surface area contributed by atoms with Gasteiger partial charge in [0.2, 0.25) is 0 Å². The largest absolute Gasteiger partial charge is 0.325 e. The quantitative estimate of drug-likeness (QED) is 0.922. The highest BCUT2D eigenvalue weighted by molar-refractivity contribution is 7.12. The molecule has 0 aliphatic heterocycles. The smallest absolute Gasteiger partial charge is 0.265 e. The Kier molecular flexibility index (Phi) is 2.68. The molecule has 1 N–H and O–H groups in total. The molecular formula is C15H17NO2S. The van der Waals surface area contributed by atoms with Gasteiger partial charge in [-0.05, 0) is 28.7 Å². The highest BCUT2D eigenvalue weighted by Gasteiger charge is 2.67. The molecule has 0 spiro atoms. The normalized spacial score (nSPS) is 30.8. The van der Waals surface area contributed by atoms with E-state index in [1.807, 2.05) is 11.4 Å². The number of hydrogen-bond donors (Lipinski definition) is 1. The molecule has 2 saturated carbocycles. The van der Waals surface area contributed by atoms with Gasteiger partial charge in [-0.1, -0.05) is 26.5 Å². The zero-order valence-electron chi connectivity index (χ0n) is 11.1. The van der Waals surface area contributed by atoms with Crippen molar-refractivity contribution in [1.29, 1.82) is 0 Å². The molecule has 0 saturated heterocycles. The molecule has 100 valence electrons. The van der Waals surface area contributed by atoms with Gasteiger partial charge in [-0.3, -0.25) is 9.59 Å². The third kappa shape index (κ3) is 1.86. The second-order valence-corrected chi connectivity index (χ2v) is 7.01. The van der Waals surface area contributed by atoms with Gasteiger partial charge in [-0.15, -0.1) is 11.3 Å². The third-order valence-corrected chi connectivity index (χ3v) is 5.53. The van der Waals surface area contributed by atoms with Crippen LogP contribution in [0.5, 0.6) is 0 Å². The maximum Gasteiger partial charge on any atom is 0.265 e. The van der Waals surface area contributed by atoms with Crippen molar-refractivity contribution in [2.45, 2.75) is 20.3 Å². The van der Waals surface area contributed by atoms with Gasteiger partial charge in [0.05, 0.1) is 10.8 Å². The first-order valence-electron chi connectivity index (χ1n) is 6.49. The minimum Gasteiger partial charge on any atom is -0.325 e. The van der Waals surface area contributed by atoms with Gasteiger partial charge in [-0.25, -0.2) is 0 Å². The van der Waals surface area contributed by atoms with E-state index in [2.05, 4.69) is 25.7 Å². The number of rotatable bonds is 3. The fourth-order valence-electron chi connectivity index (χ4n) is 3.49. The summed E-state index contributed by atoms with van der Waals surface area (Å²) in [6, 6.07) is 3.61. The molecular weight excluding hydrogens is 258 g/mol. The Balaban J connectivity index is 1.71. The van der Waals surface area contributed by atoms with Crippen LogP contribution >= 0.6 is 11.3 Å². The monoisotopic (exact) mass is 275 g/mol. The van der Waals surface area contributed by atoms with Gasteiger partial charge in [0.15, 0.2) is 0 Å². The summed E-state index contributed by atoms with van der Waals surface area (Å²) in [5, 5.41) is 4.67. The van der Waals surface area contributed by atoms with Crippen LogP contribution in [0.4, 0.5) is 0 Å². The fourth-order valence-corrected chi connectivity index (χ4v) is 4.11. The predicted octanol–water partition coefficient (Wildman–Crippen LogP) is 2.85. The van der Waals surface area contributed by atoms with Gasteiger partial charge in [0, 0.05) is 12.1 Å². The van der Waals surface area contributed by atoms with Crippen LogP contribution in [0.15, 0.2) is 29.8 Å². The van der Waals surface area contributed by atoms with Gasteiger partial charge in [-0.2, -0.15) is 0 Å². The third-order valence-electron chi connectivity index (χ3n) is 4.66. The predicted molar refractivity (Wildman–Crippen MR) is 74.8 cm³/mol. The molecule has 1 heterocycles. The zero-order valence-corrected chi connectivity index (χ0v) is 11.9. The number of ketones is 1. The van der Waals surface area contributed by atoms with Crippen LogP contribution in [0.25, 0.3) is 0 Å². The van der Waals surface area contributed by atoms with Crippen molar-refractivity contribution in [3.8, 4) is 0 Å². The number of amides is 1. The fraction of sp³-hybridized carbons (Fsp3) is 0.467. The summed E-state index contributed by atoms with van der Waals surface area (Å²) in [6.07, 6.45) is 0.635. The zero-order chi connectivity index (χ0) is 13.8. The van der Waals surface area contributed by atoms with E-state index in [9.17, 15) is 9.59 Å². The molecule has 0 bridgehead atoms. The van der Waals surface area contributed by atoms with E-state index in [1.165, 1.54) is 11.3 Å². The lowest BCUT2D eigenvalue weighted by atomic mass is 9.90. The molecule has 4 heteroatoms.